The van der Waals surface area contributed by atoms with Crippen molar-refractivity contribution in [2.75, 3.05) is 5.32 Å². The van der Waals surface area contributed by atoms with E-state index in [2.05, 4.69) is 35.9 Å². The van der Waals surface area contributed by atoms with E-state index < -0.39 is 0 Å². The first kappa shape index (κ1) is 19.2. The Bertz CT molecular complexity index is 1180. The highest BCUT2D eigenvalue weighted by molar-refractivity contribution is 6.06. The molecule has 2 aromatic heterocycles. The zero-order chi connectivity index (χ0) is 20.5. The molecule has 0 radical (unpaired) electrons. The first-order valence-electron chi connectivity index (χ1n) is 10.2. The van der Waals surface area contributed by atoms with E-state index in [1.807, 2.05) is 49.4 Å². The molecule has 0 spiro atoms. The van der Waals surface area contributed by atoms with E-state index in [-0.39, 0.29) is 5.91 Å². The van der Waals surface area contributed by atoms with Crippen molar-refractivity contribution in [2.45, 2.75) is 47.1 Å². The summed E-state index contributed by atoms with van der Waals surface area (Å²) < 4.78 is 7.91. The summed E-state index contributed by atoms with van der Waals surface area (Å²) in [5, 5.41) is 9.74. The first-order valence-corrected chi connectivity index (χ1v) is 10.2. The lowest BCUT2D eigenvalue weighted by Gasteiger charge is -2.08. The molecule has 0 atom stereocenters. The fraction of sp³-hybridized carbons (Fsp3) is 0.333. The number of anilines is 1. The number of para-hydroxylation sites is 1. The molecule has 0 saturated heterocycles. The van der Waals surface area contributed by atoms with Crippen molar-refractivity contribution < 1.29 is 9.21 Å². The van der Waals surface area contributed by atoms with E-state index in [0.29, 0.717) is 18.8 Å². The predicted octanol–water partition coefficient (Wildman–Crippen LogP) is 5.63. The van der Waals surface area contributed by atoms with Gasteiger partial charge < -0.3 is 9.73 Å². The van der Waals surface area contributed by atoms with Crippen LogP contribution in [0.3, 0.4) is 0 Å². The molecule has 5 heteroatoms. The number of carbonyl (C=O) groups is 1. The van der Waals surface area contributed by atoms with Crippen LogP contribution >= 0.6 is 0 Å². The molecule has 1 amide bonds. The lowest BCUT2D eigenvalue weighted by Crippen LogP contribution is -2.13. The Morgan fingerprint density at radius 3 is 2.66 bits per heavy atom. The minimum Gasteiger partial charge on any atom is -0.456 e. The number of amides is 1. The van der Waals surface area contributed by atoms with Gasteiger partial charge in [-0.25, -0.2) is 0 Å². The van der Waals surface area contributed by atoms with Gasteiger partial charge in [0.15, 0.2) is 0 Å². The Hall–Kier alpha value is -3.08. The SMILES string of the molecule is Cc1nn(CC(C)C)c(C)c1CCC(=O)Nc1ccc2oc3ccccc3c2c1. The zero-order valence-corrected chi connectivity index (χ0v) is 17.5. The summed E-state index contributed by atoms with van der Waals surface area (Å²) in [6.45, 7) is 9.38. The minimum atomic E-state index is 0.00700. The molecule has 4 aromatic rings. The topological polar surface area (TPSA) is 60.1 Å². The van der Waals surface area contributed by atoms with Crippen LogP contribution in [0.4, 0.5) is 5.69 Å². The van der Waals surface area contributed by atoms with E-state index in [9.17, 15) is 4.79 Å². The summed E-state index contributed by atoms with van der Waals surface area (Å²) in [6.07, 6.45) is 1.12. The van der Waals surface area contributed by atoms with E-state index >= 15 is 0 Å². The standard InChI is InChI=1S/C24H27N3O2/c1-15(2)14-27-17(4)19(16(3)26-27)10-12-24(28)25-18-9-11-23-21(13-18)20-7-5-6-8-22(20)29-23/h5-9,11,13,15H,10,12,14H2,1-4H3,(H,25,28). The van der Waals surface area contributed by atoms with E-state index in [4.69, 9.17) is 4.42 Å². The highest BCUT2D eigenvalue weighted by atomic mass is 16.3. The number of rotatable bonds is 6. The predicted molar refractivity (Wildman–Crippen MR) is 117 cm³/mol. The summed E-state index contributed by atoms with van der Waals surface area (Å²) in [5.74, 6) is 0.547. The molecule has 0 saturated carbocycles. The van der Waals surface area contributed by atoms with Gasteiger partial charge in [0.1, 0.15) is 11.2 Å². The number of carbonyl (C=O) groups excluding carboxylic acids is 1. The monoisotopic (exact) mass is 389 g/mol. The molecule has 0 aliphatic carbocycles. The quantitative estimate of drug-likeness (QED) is 0.465. The Morgan fingerprint density at radius 2 is 1.86 bits per heavy atom. The molecule has 0 aliphatic heterocycles. The maximum atomic E-state index is 12.6. The summed E-state index contributed by atoms with van der Waals surface area (Å²) in [4.78, 5) is 12.6. The maximum Gasteiger partial charge on any atom is 0.224 e. The fourth-order valence-corrected chi connectivity index (χ4v) is 3.89. The Kier molecular flexibility index (Phi) is 5.14. The van der Waals surface area contributed by atoms with Crippen molar-refractivity contribution in [3.63, 3.8) is 0 Å². The summed E-state index contributed by atoms with van der Waals surface area (Å²) in [6, 6.07) is 13.7. The molecule has 0 aliphatic rings. The summed E-state index contributed by atoms with van der Waals surface area (Å²) in [5.41, 5.74) is 5.83. The molecule has 150 valence electrons. The van der Waals surface area contributed by atoms with Gasteiger partial charge in [-0.05, 0) is 56.0 Å². The third-order valence-corrected chi connectivity index (χ3v) is 5.33. The molecule has 0 bridgehead atoms. The van der Waals surface area contributed by atoms with Crippen molar-refractivity contribution in [3.05, 3.63) is 59.4 Å². The molecular formula is C24H27N3O2. The van der Waals surface area contributed by atoms with Gasteiger partial charge in [-0.3, -0.25) is 9.48 Å². The molecule has 0 fully saturated rings. The average molecular weight is 389 g/mol. The highest BCUT2D eigenvalue weighted by Gasteiger charge is 2.14. The zero-order valence-electron chi connectivity index (χ0n) is 17.5. The molecule has 5 nitrogen and oxygen atoms in total. The number of aryl methyl sites for hydroxylation is 1. The number of nitrogens with one attached hydrogen (secondary N) is 1. The van der Waals surface area contributed by atoms with Crippen LogP contribution in [0.2, 0.25) is 0 Å². The van der Waals surface area contributed by atoms with Gasteiger partial charge in [0.2, 0.25) is 5.91 Å². The molecule has 2 heterocycles. The maximum absolute atomic E-state index is 12.6. The second kappa shape index (κ2) is 7.74. The van der Waals surface area contributed by atoms with Crippen LogP contribution in [0, 0.1) is 19.8 Å². The smallest absolute Gasteiger partial charge is 0.224 e. The second-order valence-corrected chi connectivity index (χ2v) is 8.08. The van der Waals surface area contributed by atoms with Crippen LogP contribution in [0.5, 0.6) is 0 Å². The number of hydrogen-bond donors (Lipinski definition) is 1. The Balaban J connectivity index is 1.46. The Labute approximate surface area is 170 Å². The second-order valence-electron chi connectivity index (χ2n) is 8.08. The van der Waals surface area contributed by atoms with Crippen molar-refractivity contribution in [1.82, 2.24) is 9.78 Å². The minimum absolute atomic E-state index is 0.00700. The highest BCUT2D eigenvalue weighted by Crippen LogP contribution is 2.30. The van der Waals surface area contributed by atoms with Crippen LogP contribution in [0.15, 0.2) is 46.9 Å². The number of aromatic nitrogens is 2. The number of benzene rings is 2. The van der Waals surface area contributed by atoms with E-state index in [1.54, 1.807) is 0 Å². The van der Waals surface area contributed by atoms with Gasteiger partial charge in [-0.1, -0.05) is 32.0 Å². The van der Waals surface area contributed by atoms with Crippen molar-refractivity contribution in [3.8, 4) is 0 Å². The van der Waals surface area contributed by atoms with Crippen LogP contribution in [0.25, 0.3) is 21.9 Å². The third kappa shape index (κ3) is 3.90. The molecule has 4 rings (SSSR count). The third-order valence-electron chi connectivity index (χ3n) is 5.33. The first-order chi connectivity index (χ1) is 13.9. The van der Waals surface area contributed by atoms with Gasteiger partial charge >= 0.3 is 0 Å². The van der Waals surface area contributed by atoms with E-state index in [0.717, 1.165) is 45.6 Å². The number of fused-ring (bicyclic) bond motifs is 3. The summed E-state index contributed by atoms with van der Waals surface area (Å²) in [7, 11) is 0. The number of furan rings is 1. The van der Waals surface area contributed by atoms with Crippen LogP contribution < -0.4 is 5.32 Å². The number of hydrogen-bond acceptors (Lipinski definition) is 3. The molecular weight excluding hydrogens is 362 g/mol. The van der Waals surface area contributed by atoms with Crippen molar-refractivity contribution >= 4 is 33.5 Å². The molecule has 29 heavy (non-hydrogen) atoms. The van der Waals surface area contributed by atoms with Gasteiger partial charge in [-0.15, -0.1) is 0 Å². The lowest BCUT2D eigenvalue weighted by molar-refractivity contribution is -0.116. The molecule has 0 unspecified atom stereocenters. The molecule has 2 aromatic carbocycles. The van der Waals surface area contributed by atoms with Crippen LogP contribution in [-0.2, 0) is 17.8 Å². The van der Waals surface area contributed by atoms with Gasteiger partial charge in [-0.2, -0.15) is 5.10 Å². The van der Waals surface area contributed by atoms with E-state index in [1.165, 1.54) is 5.56 Å². The average Bonchev–Trinajstić information content (AvgIpc) is 3.17. The Morgan fingerprint density at radius 1 is 1.10 bits per heavy atom. The number of nitrogens with zero attached hydrogens (tertiary/aromatic N) is 2. The van der Waals surface area contributed by atoms with Gasteiger partial charge in [0.05, 0.1) is 5.69 Å². The van der Waals surface area contributed by atoms with Gasteiger partial charge in [0.25, 0.3) is 0 Å². The molecule has 1 N–H and O–H groups in total. The van der Waals surface area contributed by atoms with Crippen molar-refractivity contribution in [2.24, 2.45) is 5.92 Å². The largest absolute Gasteiger partial charge is 0.456 e. The normalized spacial score (nSPS) is 11.6. The van der Waals surface area contributed by atoms with Crippen molar-refractivity contribution in [1.29, 1.82) is 0 Å². The van der Waals surface area contributed by atoms with Gasteiger partial charge in [0, 0.05) is 35.1 Å². The lowest BCUT2D eigenvalue weighted by atomic mass is 10.1. The fourth-order valence-electron chi connectivity index (χ4n) is 3.89. The summed E-state index contributed by atoms with van der Waals surface area (Å²) >= 11 is 0. The van der Waals surface area contributed by atoms with Crippen LogP contribution in [-0.4, -0.2) is 15.7 Å². The van der Waals surface area contributed by atoms with Crippen LogP contribution in [0.1, 0.15) is 37.2 Å².